The Morgan fingerprint density at radius 1 is 1.30 bits per heavy atom. The normalized spacial score (nSPS) is 14.9. The number of hydrogen-bond donors (Lipinski definition) is 1. The van der Waals surface area contributed by atoms with Crippen LogP contribution in [0.5, 0.6) is 5.75 Å². The van der Waals surface area contributed by atoms with Gasteiger partial charge in [0.25, 0.3) is 0 Å². The number of hydrogen-bond acceptors (Lipinski definition) is 7. The second-order valence-corrected chi connectivity index (χ2v) is 6.37. The highest BCUT2D eigenvalue weighted by molar-refractivity contribution is 5.76. The highest BCUT2D eigenvalue weighted by Crippen LogP contribution is 2.27. The standard InChI is InChI=1S/C19H26N4O4/c1-25-16-6-3-2-5-15(16)19-21-18(27-22-19)8-7-17(24)20-9-4-10-23-11-13-26-14-12-23/h2-3,5-6H,4,7-14H2,1H3,(H,20,24). The summed E-state index contributed by atoms with van der Waals surface area (Å²) in [4.78, 5) is 18.7. The number of rotatable bonds is 9. The van der Waals surface area contributed by atoms with E-state index in [1.165, 1.54) is 0 Å². The van der Waals surface area contributed by atoms with Crippen LogP contribution in [0.1, 0.15) is 18.7 Å². The van der Waals surface area contributed by atoms with Crippen molar-refractivity contribution in [2.45, 2.75) is 19.3 Å². The Hall–Kier alpha value is -2.45. The molecule has 0 spiro atoms. The van der Waals surface area contributed by atoms with E-state index in [1.54, 1.807) is 7.11 Å². The van der Waals surface area contributed by atoms with Gasteiger partial charge >= 0.3 is 0 Å². The number of morpholine rings is 1. The predicted octanol–water partition coefficient (Wildman–Crippen LogP) is 1.52. The molecule has 2 heterocycles. The summed E-state index contributed by atoms with van der Waals surface area (Å²) in [5.74, 6) is 1.59. The van der Waals surface area contributed by atoms with Crippen LogP contribution in [-0.4, -0.2) is 67.5 Å². The predicted molar refractivity (Wildman–Crippen MR) is 99.5 cm³/mol. The summed E-state index contributed by atoms with van der Waals surface area (Å²) in [5.41, 5.74) is 0.766. The fourth-order valence-corrected chi connectivity index (χ4v) is 2.96. The minimum atomic E-state index is -0.00554. The van der Waals surface area contributed by atoms with Crippen molar-refractivity contribution < 1.29 is 18.8 Å². The van der Waals surface area contributed by atoms with Crippen molar-refractivity contribution in [3.63, 3.8) is 0 Å². The molecular formula is C19H26N4O4. The molecule has 1 amide bonds. The Labute approximate surface area is 158 Å². The van der Waals surface area contributed by atoms with E-state index in [0.29, 0.717) is 36.9 Å². The number of carbonyl (C=O) groups is 1. The minimum Gasteiger partial charge on any atom is -0.496 e. The van der Waals surface area contributed by atoms with E-state index in [-0.39, 0.29) is 5.91 Å². The number of methoxy groups -OCH3 is 1. The summed E-state index contributed by atoms with van der Waals surface area (Å²) in [5, 5.41) is 6.93. The molecule has 8 heteroatoms. The maximum Gasteiger partial charge on any atom is 0.227 e. The van der Waals surface area contributed by atoms with E-state index < -0.39 is 0 Å². The second-order valence-electron chi connectivity index (χ2n) is 6.37. The number of nitrogens with one attached hydrogen (secondary N) is 1. The zero-order chi connectivity index (χ0) is 18.9. The number of para-hydroxylation sites is 1. The lowest BCUT2D eigenvalue weighted by molar-refractivity contribution is -0.121. The second kappa shape index (κ2) is 10.0. The van der Waals surface area contributed by atoms with Gasteiger partial charge in [-0.1, -0.05) is 17.3 Å². The number of aryl methyl sites for hydroxylation is 1. The number of ether oxygens (including phenoxy) is 2. The lowest BCUT2D eigenvalue weighted by Crippen LogP contribution is -2.38. The molecule has 3 rings (SSSR count). The van der Waals surface area contributed by atoms with Crippen molar-refractivity contribution >= 4 is 5.91 Å². The zero-order valence-electron chi connectivity index (χ0n) is 15.6. The van der Waals surface area contributed by atoms with Gasteiger partial charge in [-0.3, -0.25) is 9.69 Å². The van der Waals surface area contributed by atoms with Gasteiger partial charge in [0.15, 0.2) is 0 Å². The fourth-order valence-electron chi connectivity index (χ4n) is 2.96. The average Bonchev–Trinajstić information content (AvgIpc) is 3.19. The molecule has 0 saturated carbocycles. The van der Waals surface area contributed by atoms with Gasteiger partial charge in [0.2, 0.25) is 17.6 Å². The van der Waals surface area contributed by atoms with Crippen molar-refractivity contribution in [1.82, 2.24) is 20.4 Å². The maximum absolute atomic E-state index is 12.0. The average molecular weight is 374 g/mol. The molecule has 146 valence electrons. The molecular weight excluding hydrogens is 348 g/mol. The number of amides is 1. The third kappa shape index (κ3) is 5.77. The molecule has 2 aromatic rings. The Bertz CT molecular complexity index is 728. The van der Waals surface area contributed by atoms with Crippen LogP contribution in [-0.2, 0) is 16.0 Å². The molecule has 0 bridgehead atoms. The largest absolute Gasteiger partial charge is 0.496 e. The van der Waals surface area contributed by atoms with E-state index in [2.05, 4.69) is 20.4 Å². The van der Waals surface area contributed by atoms with Gasteiger partial charge in [0.1, 0.15) is 5.75 Å². The lowest BCUT2D eigenvalue weighted by Gasteiger charge is -2.26. The van der Waals surface area contributed by atoms with Crippen LogP contribution in [0.15, 0.2) is 28.8 Å². The summed E-state index contributed by atoms with van der Waals surface area (Å²) >= 11 is 0. The summed E-state index contributed by atoms with van der Waals surface area (Å²) < 4.78 is 15.9. The summed E-state index contributed by atoms with van der Waals surface area (Å²) in [6.07, 6.45) is 1.67. The van der Waals surface area contributed by atoms with E-state index in [0.717, 1.165) is 44.8 Å². The Balaban J connectivity index is 1.38. The SMILES string of the molecule is COc1ccccc1-c1noc(CCC(=O)NCCCN2CCOCC2)n1. The van der Waals surface area contributed by atoms with Crippen LogP contribution in [0.4, 0.5) is 0 Å². The molecule has 8 nitrogen and oxygen atoms in total. The van der Waals surface area contributed by atoms with E-state index in [1.807, 2.05) is 24.3 Å². The number of benzene rings is 1. The first-order valence-corrected chi connectivity index (χ1v) is 9.29. The highest BCUT2D eigenvalue weighted by atomic mass is 16.5. The molecule has 0 radical (unpaired) electrons. The first-order valence-electron chi connectivity index (χ1n) is 9.29. The molecule has 27 heavy (non-hydrogen) atoms. The molecule has 0 atom stereocenters. The van der Waals surface area contributed by atoms with Gasteiger partial charge in [-0.2, -0.15) is 4.98 Å². The minimum absolute atomic E-state index is 0.00554. The fraction of sp³-hybridized carbons (Fsp3) is 0.526. The zero-order valence-corrected chi connectivity index (χ0v) is 15.6. The summed E-state index contributed by atoms with van der Waals surface area (Å²) in [6, 6.07) is 7.48. The number of aromatic nitrogens is 2. The molecule has 1 aliphatic heterocycles. The summed E-state index contributed by atoms with van der Waals surface area (Å²) in [7, 11) is 1.60. The van der Waals surface area contributed by atoms with E-state index in [9.17, 15) is 4.79 Å². The topological polar surface area (TPSA) is 89.7 Å². The third-order valence-corrected chi connectivity index (χ3v) is 4.46. The van der Waals surface area contributed by atoms with Crippen LogP contribution in [0.2, 0.25) is 0 Å². The van der Waals surface area contributed by atoms with Gasteiger partial charge in [0, 0.05) is 32.5 Å². The van der Waals surface area contributed by atoms with Gasteiger partial charge < -0.3 is 19.3 Å². The summed E-state index contributed by atoms with van der Waals surface area (Å²) in [6.45, 7) is 5.20. The molecule has 1 aromatic heterocycles. The van der Waals surface area contributed by atoms with Gasteiger partial charge in [-0.25, -0.2) is 0 Å². The van der Waals surface area contributed by atoms with Crippen molar-refractivity contribution in [1.29, 1.82) is 0 Å². The molecule has 1 fully saturated rings. The molecule has 1 aliphatic rings. The van der Waals surface area contributed by atoms with Crippen LogP contribution in [0.3, 0.4) is 0 Å². The van der Waals surface area contributed by atoms with Crippen LogP contribution < -0.4 is 10.1 Å². The number of carbonyl (C=O) groups excluding carboxylic acids is 1. The van der Waals surface area contributed by atoms with E-state index in [4.69, 9.17) is 14.0 Å². The number of nitrogens with zero attached hydrogens (tertiary/aromatic N) is 3. The van der Waals surface area contributed by atoms with Gasteiger partial charge in [-0.05, 0) is 25.1 Å². The smallest absolute Gasteiger partial charge is 0.227 e. The van der Waals surface area contributed by atoms with Gasteiger partial charge in [-0.15, -0.1) is 0 Å². The van der Waals surface area contributed by atoms with Crippen LogP contribution in [0.25, 0.3) is 11.4 Å². The molecule has 0 aliphatic carbocycles. The lowest BCUT2D eigenvalue weighted by atomic mass is 10.2. The van der Waals surface area contributed by atoms with E-state index >= 15 is 0 Å². The van der Waals surface area contributed by atoms with Crippen molar-refractivity contribution in [2.75, 3.05) is 46.5 Å². The van der Waals surface area contributed by atoms with Crippen molar-refractivity contribution in [3.05, 3.63) is 30.2 Å². The Morgan fingerprint density at radius 3 is 2.93 bits per heavy atom. The first-order chi connectivity index (χ1) is 13.3. The van der Waals surface area contributed by atoms with Crippen LogP contribution in [0, 0.1) is 0 Å². The molecule has 1 saturated heterocycles. The molecule has 0 unspecified atom stereocenters. The molecule has 1 N–H and O–H groups in total. The van der Waals surface area contributed by atoms with Gasteiger partial charge in [0.05, 0.1) is 25.9 Å². The van der Waals surface area contributed by atoms with Crippen molar-refractivity contribution in [2.24, 2.45) is 0 Å². The Kier molecular flexibility index (Phi) is 7.18. The molecule has 1 aromatic carbocycles. The monoisotopic (exact) mass is 374 g/mol. The first kappa shape index (κ1) is 19.3. The maximum atomic E-state index is 12.0. The van der Waals surface area contributed by atoms with Crippen LogP contribution >= 0.6 is 0 Å². The quantitative estimate of drug-likeness (QED) is 0.666. The van der Waals surface area contributed by atoms with Crippen molar-refractivity contribution in [3.8, 4) is 17.1 Å². The third-order valence-electron chi connectivity index (χ3n) is 4.46. The Morgan fingerprint density at radius 2 is 2.11 bits per heavy atom. The highest BCUT2D eigenvalue weighted by Gasteiger charge is 2.14.